The minimum atomic E-state index is 0.381. The van der Waals surface area contributed by atoms with Gasteiger partial charge in [-0.1, -0.05) is 40.0 Å². The van der Waals surface area contributed by atoms with Crippen molar-refractivity contribution in [3.8, 4) is 0 Å². The zero-order valence-electron chi connectivity index (χ0n) is 9.99. The molecule has 88 valence electrons. The summed E-state index contributed by atoms with van der Waals surface area (Å²) in [5, 5.41) is 6.59. The molecule has 0 radical (unpaired) electrons. The number of rotatable bonds is 6. The van der Waals surface area contributed by atoms with Crippen molar-refractivity contribution >= 4 is 22.5 Å². The van der Waals surface area contributed by atoms with E-state index in [0.717, 1.165) is 6.54 Å². The van der Waals surface area contributed by atoms with Crippen LogP contribution in [0.5, 0.6) is 0 Å². The summed E-state index contributed by atoms with van der Waals surface area (Å²) in [5.74, 6) is 0.582. The lowest BCUT2D eigenvalue weighted by Gasteiger charge is -2.29. The van der Waals surface area contributed by atoms with Crippen molar-refractivity contribution in [2.45, 2.75) is 52.6 Å². The van der Waals surface area contributed by atoms with Gasteiger partial charge in [0.1, 0.15) is 12.5 Å². The second kappa shape index (κ2) is 6.36. The van der Waals surface area contributed by atoms with E-state index in [2.05, 4.69) is 47.0 Å². The highest BCUT2D eigenvalue weighted by Gasteiger charge is 2.28. The number of hydrogen-bond donors (Lipinski definition) is 0. The fourth-order valence-corrected chi connectivity index (χ4v) is 2.67. The second-order valence-corrected chi connectivity index (χ2v) is 5.28. The third-order valence-corrected chi connectivity index (χ3v) is 3.31. The van der Waals surface area contributed by atoms with Gasteiger partial charge in [0.05, 0.1) is 16.1 Å². The molecule has 0 amide bonds. The fourth-order valence-electron chi connectivity index (χ4n) is 1.90. The van der Waals surface area contributed by atoms with E-state index in [1.807, 2.05) is 10.3 Å². The summed E-state index contributed by atoms with van der Waals surface area (Å²) < 4.78 is 2.03. The van der Waals surface area contributed by atoms with Crippen LogP contribution >= 0.6 is 16.1 Å². The second-order valence-electron chi connectivity index (χ2n) is 4.46. The molecule has 1 rings (SSSR count). The minimum Gasteiger partial charge on any atom is -0.274 e. The fraction of sp³-hybridized carbons (Fsp3) is 0.909. The molecule has 1 unspecified atom stereocenters. The number of nitrogens with zero attached hydrogens (tertiary/aromatic N) is 3. The maximum atomic E-state index is 4.40. The molecule has 1 heterocycles. The maximum absolute atomic E-state index is 4.40. The van der Waals surface area contributed by atoms with Gasteiger partial charge in [-0.05, 0) is 12.3 Å². The Morgan fingerprint density at radius 2 is 2.07 bits per heavy atom. The first kappa shape index (κ1) is 12.8. The molecule has 1 aliphatic heterocycles. The zero-order chi connectivity index (χ0) is 11.3. The van der Waals surface area contributed by atoms with E-state index in [-0.39, 0.29) is 0 Å². The van der Waals surface area contributed by atoms with E-state index in [1.54, 1.807) is 0 Å². The Kier molecular flexibility index (Phi) is 5.43. The third-order valence-electron chi connectivity index (χ3n) is 2.71. The van der Waals surface area contributed by atoms with Crippen LogP contribution in [0, 0.1) is 5.92 Å². The number of hydrogen-bond acceptors (Lipinski definition) is 3. The highest BCUT2D eigenvalue weighted by atomic mass is 79.9. The van der Waals surface area contributed by atoms with Crippen LogP contribution < -0.4 is 0 Å². The van der Waals surface area contributed by atoms with E-state index < -0.39 is 0 Å². The summed E-state index contributed by atoms with van der Waals surface area (Å²) in [6.07, 6.45) is 7.44. The van der Waals surface area contributed by atoms with Crippen LogP contribution in [0.15, 0.2) is 5.10 Å². The molecule has 4 heteroatoms. The normalized spacial score (nSPS) is 20.7. The van der Waals surface area contributed by atoms with Crippen LogP contribution in [-0.4, -0.2) is 28.0 Å². The molecule has 0 aromatic carbocycles. The van der Waals surface area contributed by atoms with Crippen molar-refractivity contribution in [3.05, 3.63) is 0 Å². The smallest absolute Gasteiger partial charge is 0.132 e. The molecular weight excluding hydrogens is 254 g/mol. The Balaban J connectivity index is 2.31. The summed E-state index contributed by atoms with van der Waals surface area (Å²) in [6.45, 7) is 7.77. The molecule has 1 aliphatic rings. The van der Waals surface area contributed by atoms with Crippen LogP contribution in [0.2, 0.25) is 0 Å². The topological polar surface area (TPSA) is 18.8 Å². The summed E-state index contributed by atoms with van der Waals surface area (Å²) >= 11 is 3.51. The van der Waals surface area contributed by atoms with Crippen LogP contribution in [0.4, 0.5) is 0 Å². The van der Waals surface area contributed by atoms with Crippen LogP contribution in [0.1, 0.15) is 46.5 Å². The molecule has 0 saturated heterocycles. The highest BCUT2D eigenvalue weighted by molar-refractivity contribution is 9.07. The van der Waals surface area contributed by atoms with Gasteiger partial charge in [0.15, 0.2) is 0 Å². The molecular formula is C11H22BrN3. The van der Waals surface area contributed by atoms with Crippen LogP contribution in [-0.2, 0) is 0 Å². The Morgan fingerprint density at radius 1 is 1.33 bits per heavy atom. The predicted octanol–water partition coefficient (Wildman–Crippen LogP) is 3.42. The third kappa shape index (κ3) is 3.67. The molecule has 0 spiro atoms. The number of halogens is 1. The van der Waals surface area contributed by atoms with Crippen molar-refractivity contribution in [2.24, 2.45) is 11.0 Å². The molecule has 0 fully saturated rings. The molecule has 0 aliphatic carbocycles. The first-order valence-electron chi connectivity index (χ1n) is 5.91. The largest absolute Gasteiger partial charge is 0.274 e. The molecule has 3 nitrogen and oxygen atoms in total. The van der Waals surface area contributed by atoms with E-state index in [1.165, 1.54) is 25.7 Å². The Morgan fingerprint density at radius 3 is 2.67 bits per heavy atom. The number of unbranched alkanes of at least 4 members (excludes halogenated alkanes) is 3. The lowest BCUT2D eigenvalue weighted by atomic mass is 10.1. The van der Waals surface area contributed by atoms with Gasteiger partial charge in [0.25, 0.3) is 0 Å². The quantitative estimate of drug-likeness (QED) is 0.547. The molecule has 0 aromatic rings. The average molecular weight is 276 g/mol. The summed E-state index contributed by atoms with van der Waals surface area (Å²) in [6, 6.07) is 0. The molecule has 15 heavy (non-hydrogen) atoms. The van der Waals surface area contributed by atoms with Gasteiger partial charge in [-0.2, -0.15) is 5.10 Å². The number of hydrazone groups is 1. The SMILES string of the molecule is CCCCCCN1N=CN(Br)C1C(C)C. The standard InChI is InChI=1S/C11H22BrN3/c1-4-5-6-7-8-15-11(10(2)3)14(12)9-13-15/h9-11H,4-8H2,1-3H3. The van der Waals surface area contributed by atoms with Crippen molar-refractivity contribution in [2.75, 3.05) is 6.54 Å². The van der Waals surface area contributed by atoms with Gasteiger partial charge in [-0.25, -0.2) is 0 Å². The molecule has 0 aromatic heterocycles. The lowest BCUT2D eigenvalue weighted by Crippen LogP contribution is -2.39. The van der Waals surface area contributed by atoms with Crippen molar-refractivity contribution in [1.82, 2.24) is 8.93 Å². The van der Waals surface area contributed by atoms with Gasteiger partial charge in [0, 0.05) is 6.54 Å². The Labute approximate surface area is 102 Å². The van der Waals surface area contributed by atoms with Gasteiger partial charge in [-0.3, -0.25) is 8.93 Å². The van der Waals surface area contributed by atoms with Crippen LogP contribution in [0.25, 0.3) is 0 Å². The van der Waals surface area contributed by atoms with Gasteiger partial charge >= 0.3 is 0 Å². The highest BCUT2D eigenvalue weighted by Crippen LogP contribution is 2.23. The zero-order valence-corrected chi connectivity index (χ0v) is 11.6. The van der Waals surface area contributed by atoms with E-state index in [0.29, 0.717) is 12.1 Å². The van der Waals surface area contributed by atoms with E-state index in [9.17, 15) is 0 Å². The summed E-state index contributed by atoms with van der Waals surface area (Å²) in [5.41, 5.74) is 0. The summed E-state index contributed by atoms with van der Waals surface area (Å²) in [4.78, 5) is 0. The van der Waals surface area contributed by atoms with Crippen molar-refractivity contribution in [1.29, 1.82) is 0 Å². The molecule has 0 saturated carbocycles. The average Bonchev–Trinajstić information content (AvgIpc) is 2.54. The lowest BCUT2D eigenvalue weighted by molar-refractivity contribution is 0.134. The molecule has 1 atom stereocenters. The summed E-state index contributed by atoms with van der Waals surface area (Å²) in [7, 11) is 0. The van der Waals surface area contributed by atoms with E-state index >= 15 is 0 Å². The maximum Gasteiger partial charge on any atom is 0.132 e. The first-order chi connectivity index (χ1) is 7.16. The van der Waals surface area contributed by atoms with E-state index in [4.69, 9.17) is 0 Å². The van der Waals surface area contributed by atoms with Crippen molar-refractivity contribution in [3.63, 3.8) is 0 Å². The Hall–Kier alpha value is -0.250. The Bertz CT molecular complexity index is 206. The minimum absolute atomic E-state index is 0.381. The predicted molar refractivity (Wildman–Crippen MR) is 68.7 cm³/mol. The van der Waals surface area contributed by atoms with Crippen LogP contribution in [0.3, 0.4) is 0 Å². The van der Waals surface area contributed by atoms with Gasteiger partial charge in [-0.15, -0.1) is 0 Å². The van der Waals surface area contributed by atoms with Gasteiger partial charge in [0.2, 0.25) is 0 Å². The first-order valence-corrected chi connectivity index (χ1v) is 6.62. The van der Waals surface area contributed by atoms with Gasteiger partial charge < -0.3 is 0 Å². The monoisotopic (exact) mass is 275 g/mol. The molecule has 0 N–H and O–H groups in total. The van der Waals surface area contributed by atoms with Crippen molar-refractivity contribution < 1.29 is 0 Å². The molecule has 0 bridgehead atoms.